The number of rotatable bonds is 2. The van der Waals surface area contributed by atoms with Crippen molar-refractivity contribution >= 4 is 16.9 Å². The highest BCUT2D eigenvalue weighted by Crippen LogP contribution is 2.30. The van der Waals surface area contributed by atoms with E-state index >= 15 is 0 Å². The summed E-state index contributed by atoms with van der Waals surface area (Å²) in [6, 6.07) is 7.84. The molecule has 0 saturated carbocycles. The highest BCUT2D eigenvalue weighted by molar-refractivity contribution is 5.95. The molecule has 1 aromatic carbocycles. The minimum atomic E-state index is -1.08. The lowest BCUT2D eigenvalue weighted by atomic mass is 10.2. The van der Waals surface area contributed by atoms with Crippen LogP contribution in [0.4, 0.5) is 0 Å². The number of carbonyl (C=O) groups is 1. The molecule has 0 spiro atoms. The zero-order valence-electron chi connectivity index (χ0n) is 10.5. The number of hydrogen-bond acceptors (Lipinski definition) is 3. The molecule has 96 valence electrons. The molecule has 0 radical (unpaired) electrons. The van der Waals surface area contributed by atoms with Crippen molar-refractivity contribution in [3.8, 4) is 11.5 Å². The fourth-order valence-corrected chi connectivity index (χ4v) is 2.22. The van der Waals surface area contributed by atoms with Gasteiger partial charge in [-0.05, 0) is 13.0 Å². The smallest absolute Gasteiger partial charge is 0.358 e. The first kappa shape index (κ1) is 11.5. The number of aromatic nitrogens is 2. The zero-order chi connectivity index (χ0) is 13.6. The predicted octanol–water partition coefficient (Wildman–Crippen LogP) is 2.84. The summed E-state index contributed by atoms with van der Waals surface area (Å²) in [7, 11) is 1.93. The van der Waals surface area contributed by atoms with Crippen molar-refractivity contribution in [1.29, 1.82) is 0 Å². The number of aryl methyl sites for hydroxylation is 2. The third-order valence-electron chi connectivity index (χ3n) is 3.13. The summed E-state index contributed by atoms with van der Waals surface area (Å²) in [5.41, 5.74) is 1.81. The molecule has 2 aromatic heterocycles. The van der Waals surface area contributed by atoms with Gasteiger partial charge < -0.3 is 14.1 Å². The third-order valence-corrected chi connectivity index (χ3v) is 3.13. The van der Waals surface area contributed by atoms with Crippen LogP contribution in [0.2, 0.25) is 0 Å². The fraction of sp³-hybridized carbons (Fsp3) is 0.143. The van der Waals surface area contributed by atoms with E-state index in [2.05, 4.69) is 4.98 Å². The number of aromatic carboxylic acids is 1. The molecular formula is C14H12N2O3. The Kier molecular flexibility index (Phi) is 2.41. The van der Waals surface area contributed by atoms with Gasteiger partial charge in [0.15, 0.2) is 5.69 Å². The van der Waals surface area contributed by atoms with Gasteiger partial charge in [0.2, 0.25) is 5.89 Å². The van der Waals surface area contributed by atoms with Crippen molar-refractivity contribution in [3.05, 3.63) is 41.9 Å². The van der Waals surface area contributed by atoms with E-state index in [0.29, 0.717) is 11.7 Å². The maximum absolute atomic E-state index is 11.0. The molecule has 3 rings (SSSR count). The van der Waals surface area contributed by atoms with E-state index in [1.807, 2.05) is 42.1 Å². The van der Waals surface area contributed by atoms with Crippen molar-refractivity contribution in [3.63, 3.8) is 0 Å². The first-order valence-corrected chi connectivity index (χ1v) is 5.83. The summed E-state index contributed by atoms with van der Waals surface area (Å²) >= 11 is 0. The molecule has 0 aliphatic rings. The fourth-order valence-electron chi connectivity index (χ4n) is 2.22. The normalized spacial score (nSPS) is 11.1. The van der Waals surface area contributed by atoms with Crippen molar-refractivity contribution in [2.24, 2.45) is 7.05 Å². The Bertz CT molecular complexity index is 783. The lowest BCUT2D eigenvalue weighted by Crippen LogP contribution is -1.98. The number of nitrogens with zero attached hydrogens (tertiary/aromatic N) is 2. The zero-order valence-corrected chi connectivity index (χ0v) is 10.5. The molecule has 0 atom stereocenters. The number of benzene rings is 1. The average Bonchev–Trinajstić information content (AvgIpc) is 2.91. The van der Waals surface area contributed by atoms with Crippen molar-refractivity contribution in [2.45, 2.75) is 6.92 Å². The second-order valence-electron chi connectivity index (χ2n) is 4.40. The quantitative estimate of drug-likeness (QED) is 0.765. The number of carboxylic acids is 1. The minimum Gasteiger partial charge on any atom is -0.476 e. The van der Waals surface area contributed by atoms with E-state index in [1.165, 1.54) is 0 Å². The monoisotopic (exact) mass is 256 g/mol. The van der Waals surface area contributed by atoms with E-state index < -0.39 is 5.97 Å². The van der Waals surface area contributed by atoms with Crippen LogP contribution in [0.5, 0.6) is 0 Å². The van der Waals surface area contributed by atoms with Crippen LogP contribution in [0.1, 0.15) is 16.2 Å². The molecule has 1 N–H and O–H groups in total. The lowest BCUT2D eigenvalue weighted by Gasteiger charge is -1.93. The van der Waals surface area contributed by atoms with Gasteiger partial charge in [-0.3, -0.25) is 0 Å². The van der Waals surface area contributed by atoms with Crippen LogP contribution in [0.3, 0.4) is 0 Å². The number of para-hydroxylation sites is 1. The van der Waals surface area contributed by atoms with E-state index in [1.54, 1.807) is 6.92 Å². The van der Waals surface area contributed by atoms with Crippen LogP contribution in [-0.4, -0.2) is 20.6 Å². The largest absolute Gasteiger partial charge is 0.476 e. The summed E-state index contributed by atoms with van der Waals surface area (Å²) in [5.74, 6) is -0.421. The van der Waals surface area contributed by atoms with Gasteiger partial charge in [-0.1, -0.05) is 18.2 Å². The van der Waals surface area contributed by atoms with Gasteiger partial charge in [-0.25, -0.2) is 9.78 Å². The second-order valence-corrected chi connectivity index (χ2v) is 4.40. The Hall–Kier alpha value is -2.56. The number of fused-ring (bicyclic) bond motifs is 1. The third kappa shape index (κ3) is 1.71. The van der Waals surface area contributed by atoms with Gasteiger partial charge in [-0.2, -0.15) is 0 Å². The molecule has 0 amide bonds. The van der Waals surface area contributed by atoms with Gasteiger partial charge in [0.1, 0.15) is 5.76 Å². The van der Waals surface area contributed by atoms with E-state index in [9.17, 15) is 4.79 Å². The summed E-state index contributed by atoms with van der Waals surface area (Å²) in [6.45, 7) is 1.60. The Morgan fingerprint density at radius 3 is 2.79 bits per heavy atom. The predicted molar refractivity (Wildman–Crippen MR) is 70.1 cm³/mol. The molecule has 0 saturated heterocycles. The van der Waals surface area contributed by atoms with Gasteiger partial charge in [-0.15, -0.1) is 0 Å². The maximum atomic E-state index is 11.0. The highest BCUT2D eigenvalue weighted by Gasteiger charge is 2.19. The van der Waals surface area contributed by atoms with Gasteiger partial charge in [0.25, 0.3) is 0 Å². The molecule has 3 aromatic rings. The van der Waals surface area contributed by atoms with Crippen LogP contribution in [0, 0.1) is 6.92 Å². The molecule has 0 fully saturated rings. The summed E-state index contributed by atoms with van der Waals surface area (Å²) in [6.07, 6.45) is 1.89. The maximum Gasteiger partial charge on any atom is 0.358 e. The Morgan fingerprint density at radius 1 is 1.37 bits per heavy atom. The van der Waals surface area contributed by atoms with Crippen LogP contribution in [0.15, 0.2) is 34.9 Å². The molecular weight excluding hydrogens is 244 g/mol. The topological polar surface area (TPSA) is 68.3 Å². The Balaban J connectivity index is 2.25. The van der Waals surface area contributed by atoms with E-state index in [0.717, 1.165) is 16.5 Å². The van der Waals surface area contributed by atoms with Gasteiger partial charge in [0.05, 0.1) is 5.56 Å². The SMILES string of the molecule is Cc1oc(-c2cn(C)c3ccccc23)nc1C(=O)O. The molecule has 0 aliphatic carbocycles. The van der Waals surface area contributed by atoms with Crippen molar-refractivity contribution in [1.82, 2.24) is 9.55 Å². The number of oxazole rings is 1. The Labute approximate surface area is 109 Å². The molecule has 0 bridgehead atoms. The molecule has 5 nitrogen and oxygen atoms in total. The summed E-state index contributed by atoms with van der Waals surface area (Å²) < 4.78 is 7.44. The average molecular weight is 256 g/mol. The van der Waals surface area contributed by atoms with E-state index in [4.69, 9.17) is 9.52 Å². The number of hydrogen-bond donors (Lipinski definition) is 1. The lowest BCUT2D eigenvalue weighted by molar-refractivity contribution is 0.0689. The van der Waals surface area contributed by atoms with Crippen molar-refractivity contribution in [2.75, 3.05) is 0 Å². The van der Waals surface area contributed by atoms with Gasteiger partial charge in [0, 0.05) is 24.1 Å². The first-order valence-electron chi connectivity index (χ1n) is 5.83. The second kappa shape index (κ2) is 3.98. The highest BCUT2D eigenvalue weighted by atomic mass is 16.4. The van der Waals surface area contributed by atoms with Crippen LogP contribution < -0.4 is 0 Å². The van der Waals surface area contributed by atoms with Crippen LogP contribution in [0.25, 0.3) is 22.4 Å². The van der Waals surface area contributed by atoms with Crippen molar-refractivity contribution < 1.29 is 14.3 Å². The van der Waals surface area contributed by atoms with Crippen LogP contribution >= 0.6 is 0 Å². The Morgan fingerprint density at radius 2 is 2.11 bits per heavy atom. The minimum absolute atomic E-state index is 0.0389. The summed E-state index contributed by atoms with van der Waals surface area (Å²) in [4.78, 5) is 15.1. The molecule has 19 heavy (non-hydrogen) atoms. The molecule has 0 unspecified atom stereocenters. The molecule has 5 heteroatoms. The summed E-state index contributed by atoms with van der Waals surface area (Å²) in [5, 5.41) is 10.0. The molecule has 0 aliphatic heterocycles. The standard InChI is InChI=1S/C14H12N2O3/c1-8-12(14(17)18)15-13(19-8)10-7-16(2)11-6-4-3-5-9(10)11/h3-7H,1-2H3,(H,17,18). The molecule has 2 heterocycles. The van der Waals surface area contributed by atoms with Crippen LogP contribution in [-0.2, 0) is 7.05 Å². The van der Waals surface area contributed by atoms with Gasteiger partial charge >= 0.3 is 5.97 Å². The first-order chi connectivity index (χ1) is 9.08. The number of carboxylic acid groups (broad SMARTS) is 1. The van der Waals surface area contributed by atoms with E-state index in [-0.39, 0.29) is 5.69 Å².